The van der Waals surface area contributed by atoms with Crippen LogP contribution in [0.15, 0.2) is 47.6 Å². The monoisotopic (exact) mass is 336 g/mol. The van der Waals surface area contributed by atoms with Crippen LogP contribution in [-0.4, -0.2) is 16.7 Å². The summed E-state index contributed by atoms with van der Waals surface area (Å²) in [5.74, 6) is -0.577. The first-order chi connectivity index (χ1) is 10.5. The van der Waals surface area contributed by atoms with Gasteiger partial charge in [-0.15, -0.1) is 0 Å². The Bertz CT molecular complexity index is 730. The van der Waals surface area contributed by atoms with Crippen LogP contribution in [0.25, 0.3) is 0 Å². The van der Waals surface area contributed by atoms with Gasteiger partial charge in [0.15, 0.2) is 0 Å². The third-order valence-electron chi connectivity index (χ3n) is 3.03. The molecule has 0 fully saturated rings. The zero-order valence-electron chi connectivity index (χ0n) is 11.8. The lowest BCUT2D eigenvalue weighted by molar-refractivity contribution is 0.0952. The number of carbonyl (C=O) groups excluding carboxylic acids is 1. The Kier molecular flexibility index (Phi) is 5.41. The SMILES string of the molecule is CC/C(=N/NC(=O)c1ccccc1O)c1ccc(Cl)c(Cl)c1. The zero-order valence-corrected chi connectivity index (χ0v) is 13.3. The molecule has 0 atom stereocenters. The maximum Gasteiger partial charge on any atom is 0.275 e. The summed E-state index contributed by atoms with van der Waals surface area (Å²) in [6, 6.07) is 11.4. The number of aromatic hydroxyl groups is 1. The molecule has 1 amide bonds. The molecule has 2 aromatic carbocycles. The molecule has 0 spiro atoms. The third-order valence-corrected chi connectivity index (χ3v) is 3.77. The van der Waals surface area contributed by atoms with Crippen LogP contribution in [0, 0.1) is 0 Å². The number of benzene rings is 2. The Morgan fingerprint density at radius 1 is 1.18 bits per heavy atom. The minimum Gasteiger partial charge on any atom is -0.507 e. The lowest BCUT2D eigenvalue weighted by atomic mass is 10.1. The van der Waals surface area contributed by atoms with Crippen molar-refractivity contribution in [1.82, 2.24) is 5.43 Å². The van der Waals surface area contributed by atoms with Crippen LogP contribution in [0.3, 0.4) is 0 Å². The molecule has 0 aliphatic heterocycles. The van der Waals surface area contributed by atoms with Gasteiger partial charge in [-0.25, -0.2) is 5.43 Å². The Hall–Kier alpha value is -2.04. The molecule has 0 aliphatic carbocycles. The first-order valence-corrected chi connectivity index (χ1v) is 7.38. The highest BCUT2D eigenvalue weighted by atomic mass is 35.5. The fraction of sp³-hybridized carbons (Fsp3) is 0.125. The quantitative estimate of drug-likeness (QED) is 0.647. The van der Waals surface area contributed by atoms with Crippen LogP contribution in [0.1, 0.15) is 29.3 Å². The van der Waals surface area contributed by atoms with Crippen molar-refractivity contribution in [3.63, 3.8) is 0 Å². The molecule has 2 N–H and O–H groups in total. The van der Waals surface area contributed by atoms with E-state index < -0.39 is 5.91 Å². The van der Waals surface area contributed by atoms with Crippen LogP contribution in [-0.2, 0) is 0 Å². The number of hydrazone groups is 1. The molecule has 22 heavy (non-hydrogen) atoms. The predicted octanol–water partition coefficient (Wildman–Crippen LogP) is 4.24. The highest BCUT2D eigenvalue weighted by molar-refractivity contribution is 6.42. The van der Waals surface area contributed by atoms with E-state index in [2.05, 4.69) is 10.5 Å². The summed E-state index contributed by atoms with van der Waals surface area (Å²) >= 11 is 11.9. The minimum atomic E-state index is -0.482. The van der Waals surface area contributed by atoms with Gasteiger partial charge in [-0.3, -0.25) is 4.79 Å². The van der Waals surface area contributed by atoms with Crippen molar-refractivity contribution >= 4 is 34.8 Å². The van der Waals surface area contributed by atoms with E-state index in [0.717, 1.165) is 5.56 Å². The van der Waals surface area contributed by atoms with Crippen LogP contribution < -0.4 is 5.43 Å². The van der Waals surface area contributed by atoms with E-state index in [1.165, 1.54) is 12.1 Å². The smallest absolute Gasteiger partial charge is 0.275 e. The maximum absolute atomic E-state index is 12.0. The molecule has 0 bridgehead atoms. The number of carbonyl (C=O) groups is 1. The van der Waals surface area contributed by atoms with Crippen molar-refractivity contribution in [2.45, 2.75) is 13.3 Å². The highest BCUT2D eigenvalue weighted by Crippen LogP contribution is 2.23. The number of hydrogen-bond donors (Lipinski definition) is 2. The molecule has 0 radical (unpaired) electrons. The Morgan fingerprint density at radius 2 is 1.91 bits per heavy atom. The van der Waals surface area contributed by atoms with Gasteiger partial charge < -0.3 is 5.11 Å². The number of para-hydroxylation sites is 1. The predicted molar refractivity (Wildman–Crippen MR) is 88.9 cm³/mol. The Balaban J connectivity index is 2.21. The molecule has 0 heterocycles. The van der Waals surface area contributed by atoms with Gasteiger partial charge in [0.1, 0.15) is 5.75 Å². The minimum absolute atomic E-state index is 0.0946. The van der Waals surface area contributed by atoms with E-state index in [1.54, 1.807) is 30.3 Å². The average molecular weight is 337 g/mol. The molecule has 0 saturated carbocycles. The lowest BCUT2D eigenvalue weighted by Gasteiger charge is -2.07. The molecule has 2 aromatic rings. The third kappa shape index (κ3) is 3.78. The number of hydrogen-bond acceptors (Lipinski definition) is 3. The van der Waals surface area contributed by atoms with E-state index in [4.69, 9.17) is 23.2 Å². The van der Waals surface area contributed by atoms with Crippen molar-refractivity contribution < 1.29 is 9.90 Å². The second-order valence-corrected chi connectivity index (χ2v) is 5.31. The van der Waals surface area contributed by atoms with E-state index in [-0.39, 0.29) is 11.3 Å². The summed E-state index contributed by atoms with van der Waals surface area (Å²) in [6.07, 6.45) is 0.596. The van der Waals surface area contributed by atoms with Crippen LogP contribution in [0.5, 0.6) is 5.75 Å². The second-order valence-electron chi connectivity index (χ2n) is 4.50. The highest BCUT2D eigenvalue weighted by Gasteiger charge is 2.10. The topological polar surface area (TPSA) is 61.7 Å². The van der Waals surface area contributed by atoms with Crippen molar-refractivity contribution in [3.05, 3.63) is 63.6 Å². The van der Waals surface area contributed by atoms with E-state index in [9.17, 15) is 9.90 Å². The summed E-state index contributed by atoms with van der Waals surface area (Å²) in [6.45, 7) is 1.91. The summed E-state index contributed by atoms with van der Waals surface area (Å²) in [5.41, 5.74) is 4.03. The van der Waals surface area contributed by atoms with Gasteiger partial charge in [-0.2, -0.15) is 5.10 Å². The number of nitrogens with one attached hydrogen (secondary N) is 1. The average Bonchev–Trinajstić information content (AvgIpc) is 2.51. The zero-order chi connectivity index (χ0) is 16.1. The number of rotatable bonds is 4. The Morgan fingerprint density at radius 3 is 2.55 bits per heavy atom. The van der Waals surface area contributed by atoms with Crippen LogP contribution in [0.4, 0.5) is 0 Å². The summed E-state index contributed by atoms with van der Waals surface area (Å²) in [4.78, 5) is 12.0. The van der Waals surface area contributed by atoms with Crippen molar-refractivity contribution in [3.8, 4) is 5.75 Å². The van der Waals surface area contributed by atoms with E-state index in [0.29, 0.717) is 22.2 Å². The molecule has 2 rings (SSSR count). The maximum atomic E-state index is 12.0. The Labute approximate surface area is 138 Å². The molecule has 6 heteroatoms. The molecule has 0 aliphatic rings. The van der Waals surface area contributed by atoms with Gasteiger partial charge in [-0.05, 0) is 36.2 Å². The summed E-state index contributed by atoms with van der Waals surface area (Å²) in [5, 5.41) is 14.6. The first-order valence-electron chi connectivity index (χ1n) is 6.63. The normalized spacial score (nSPS) is 11.3. The van der Waals surface area contributed by atoms with Crippen LogP contribution >= 0.6 is 23.2 Å². The molecule has 114 valence electrons. The number of nitrogens with zero attached hydrogens (tertiary/aromatic N) is 1. The second kappa shape index (κ2) is 7.29. The van der Waals surface area contributed by atoms with Gasteiger partial charge in [0.2, 0.25) is 0 Å². The van der Waals surface area contributed by atoms with Crippen LogP contribution in [0.2, 0.25) is 10.0 Å². The number of phenols is 1. The fourth-order valence-electron chi connectivity index (χ4n) is 1.87. The van der Waals surface area contributed by atoms with Gasteiger partial charge in [-0.1, -0.05) is 48.3 Å². The van der Waals surface area contributed by atoms with Crippen molar-refractivity contribution in [1.29, 1.82) is 0 Å². The van der Waals surface area contributed by atoms with E-state index in [1.807, 2.05) is 6.92 Å². The molecule has 0 unspecified atom stereocenters. The van der Waals surface area contributed by atoms with Gasteiger partial charge >= 0.3 is 0 Å². The van der Waals surface area contributed by atoms with Gasteiger partial charge in [0, 0.05) is 0 Å². The molecule has 0 aromatic heterocycles. The van der Waals surface area contributed by atoms with Crippen molar-refractivity contribution in [2.75, 3.05) is 0 Å². The number of amides is 1. The summed E-state index contributed by atoms with van der Waals surface area (Å²) < 4.78 is 0. The van der Waals surface area contributed by atoms with E-state index >= 15 is 0 Å². The number of halogens is 2. The lowest BCUT2D eigenvalue weighted by Crippen LogP contribution is -2.20. The van der Waals surface area contributed by atoms with Gasteiger partial charge in [0.05, 0.1) is 21.3 Å². The molecular weight excluding hydrogens is 323 g/mol. The van der Waals surface area contributed by atoms with Crippen molar-refractivity contribution in [2.24, 2.45) is 5.10 Å². The molecule has 0 saturated heterocycles. The standard InChI is InChI=1S/C16H14Cl2N2O2/c1-2-14(10-7-8-12(17)13(18)9-10)19-20-16(22)11-5-3-4-6-15(11)21/h3-9,21H,2H2,1H3,(H,20,22)/b19-14-. The van der Waals surface area contributed by atoms with Gasteiger partial charge in [0.25, 0.3) is 5.91 Å². The first kappa shape index (κ1) is 16.3. The number of phenolic OH excluding ortho intramolecular Hbond substituents is 1. The summed E-state index contributed by atoms with van der Waals surface area (Å²) in [7, 11) is 0. The largest absolute Gasteiger partial charge is 0.507 e. The molecular formula is C16H14Cl2N2O2. The fourth-order valence-corrected chi connectivity index (χ4v) is 2.17. The molecule has 4 nitrogen and oxygen atoms in total.